The summed E-state index contributed by atoms with van der Waals surface area (Å²) in [6.45, 7) is 0. The predicted molar refractivity (Wildman–Crippen MR) is 42.3 cm³/mol. The van der Waals surface area contributed by atoms with Crippen LogP contribution in [0.3, 0.4) is 0 Å². The summed E-state index contributed by atoms with van der Waals surface area (Å²) in [5, 5.41) is 0. The molecular weight excluding hydrogens is 165 g/mol. The molecule has 0 aliphatic carbocycles. The van der Waals surface area contributed by atoms with Crippen molar-refractivity contribution in [3.8, 4) is 0 Å². The summed E-state index contributed by atoms with van der Waals surface area (Å²) in [6.07, 6.45) is 0. The molecule has 0 rings (SSSR count). The number of hydrogen-bond acceptors (Lipinski definition) is 4. The lowest BCUT2D eigenvalue weighted by atomic mass is 11.8. The van der Waals surface area contributed by atoms with Gasteiger partial charge in [0.15, 0.2) is 0 Å². The maximum absolute atomic E-state index is 4.68. The normalized spacial score (nSPS) is 10.4. The van der Waals surface area contributed by atoms with Crippen molar-refractivity contribution in [2.75, 3.05) is 14.2 Å². The second kappa shape index (κ2) is 4.73. The average molecular weight is 175 g/mol. The molecule has 0 aliphatic heterocycles. The third-order valence-corrected chi connectivity index (χ3v) is 3.26. The van der Waals surface area contributed by atoms with Crippen molar-refractivity contribution < 1.29 is 9.05 Å². The molecule has 0 aromatic rings. The van der Waals surface area contributed by atoms with Gasteiger partial charge >= 0.3 is 0 Å². The van der Waals surface area contributed by atoms with Gasteiger partial charge < -0.3 is 15.2 Å². The van der Waals surface area contributed by atoms with Crippen LogP contribution in [0.4, 0.5) is 0 Å². The number of thiol groups is 1. The van der Waals surface area contributed by atoms with E-state index in [0.717, 1.165) is 0 Å². The van der Waals surface area contributed by atoms with Crippen molar-refractivity contribution in [2.24, 2.45) is 0 Å². The summed E-state index contributed by atoms with van der Waals surface area (Å²) in [6, 6.07) is 0. The fourth-order valence-electron chi connectivity index (χ4n) is 0.0745. The van der Waals surface area contributed by atoms with Crippen molar-refractivity contribution >= 4 is 29.7 Å². The lowest BCUT2D eigenvalue weighted by molar-refractivity contribution is 0.354. The minimum Gasteiger partial charge on any atom is -0.344 e. The van der Waals surface area contributed by atoms with Gasteiger partial charge in [0.05, 0.1) is 0 Å². The fourth-order valence-corrected chi connectivity index (χ4v) is 0.224. The monoisotopic (exact) mass is 175 g/mol. The zero-order valence-corrected chi connectivity index (χ0v) is 7.43. The Balaban J connectivity index is 0. The highest BCUT2D eigenvalue weighted by Crippen LogP contribution is 2.51. The highest BCUT2D eigenvalue weighted by atomic mass is 32.9. The molecule has 0 bridgehead atoms. The van der Waals surface area contributed by atoms with Crippen LogP contribution in [0.15, 0.2) is 0 Å². The molecule has 0 aromatic carbocycles. The second-order valence-electron chi connectivity index (χ2n) is 0.834. The zero-order valence-electron chi connectivity index (χ0n) is 4.83. The van der Waals surface area contributed by atoms with Crippen LogP contribution in [0.5, 0.6) is 0 Å². The van der Waals surface area contributed by atoms with Crippen LogP contribution in [-0.4, -0.2) is 14.2 Å². The van der Waals surface area contributed by atoms with Crippen LogP contribution in [-0.2, 0) is 20.9 Å². The summed E-state index contributed by atoms with van der Waals surface area (Å²) >= 11 is 8.54. The summed E-state index contributed by atoms with van der Waals surface area (Å²) < 4.78 is 9.31. The van der Waals surface area contributed by atoms with Crippen LogP contribution in [0.25, 0.3) is 0 Å². The average Bonchev–Trinajstić information content (AvgIpc) is 1.68. The van der Waals surface area contributed by atoms with Gasteiger partial charge in [-0.1, -0.05) is 12.2 Å². The summed E-state index contributed by atoms with van der Waals surface area (Å²) in [5.74, 6) is 0. The summed E-state index contributed by atoms with van der Waals surface area (Å²) in [4.78, 5) is 0. The Morgan fingerprint density at radius 3 is 1.62 bits per heavy atom. The van der Waals surface area contributed by atoms with Crippen molar-refractivity contribution in [1.29, 1.82) is 0 Å². The number of hydrogen-bond donors (Lipinski definition) is 2. The van der Waals surface area contributed by atoms with E-state index < -0.39 is 5.69 Å². The molecular formula is C2H10NO2PS2. The molecule has 52 valence electrons. The quantitative estimate of drug-likeness (QED) is 0.494. The Bertz CT molecular complexity index is 90.0. The third kappa shape index (κ3) is 5.03. The lowest BCUT2D eigenvalue weighted by Gasteiger charge is -2.07. The van der Waals surface area contributed by atoms with Gasteiger partial charge in [-0.3, -0.25) is 0 Å². The van der Waals surface area contributed by atoms with E-state index in [2.05, 4.69) is 33.1 Å². The fraction of sp³-hybridized carbons (Fsp3) is 1.00. The first-order valence-corrected chi connectivity index (χ1v) is 5.36. The first-order chi connectivity index (χ1) is 3.12. The molecule has 3 N–H and O–H groups in total. The highest BCUT2D eigenvalue weighted by Gasteiger charge is 2.04. The Hall–Kier alpha value is 0.880. The Labute approximate surface area is 59.7 Å². The third-order valence-electron chi connectivity index (χ3n) is 0.461. The molecule has 0 saturated carbocycles. The molecule has 0 radical (unpaired) electrons. The first kappa shape index (κ1) is 11.6. The van der Waals surface area contributed by atoms with Crippen molar-refractivity contribution in [3.05, 3.63) is 0 Å². The van der Waals surface area contributed by atoms with Gasteiger partial charge in [0.2, 0.25) is 5.69 Å². The molecule has 0 amide bonds. The minimum absolute atomic E-state index is 0. The SMILES string of the molecule is COP(=S)(S)OC.N. The van der Waals surface area contributed by atoms with Crippen LogP contribution in [0.2, 0.25) is 0 Å². The molecule has 0 aliphatic rings. The molecule has 0 fully saturated rings. The van der Waals surface area contributed by atoms with Gasteiger partial charge in [0, 0.05) is 14.2 Å². The Kier molecular flexibility index (Phi) is 6.89. The van der Waals surface area contributed by atoms with E-state index in [0.29, 0.717) is 0 Å². The van der Waals surface area contributed by atoms with E-state index in [1.54, 1.807) is 0 Å². The van der Waals surface area contributed by atoms with E-state index in [4.69, 9.17) is 0 Å². The molecule has 0 unspecified atom stereocenters. The van der Waals surface area contributed by atoms with Gasteiger partial charge in [-0.2, -0.15) is 0 Å². The van der Waals surface area contributed by atoms with Gasteiger partial charge in [-0.05, 0) is 11.8 Å². The topological polar surface area (TPSA) is 53.5 Å². The Morgan fingerprint density at radius 2 is 1.62 bits per heavy atom. The highest BCUT2D eigenvalue weighted by molar-refractivity contribution is 8.60. The molecule has 0 atom stereocenters. The predicted octanol–water partition coefficient (Wildman–Crippen LogP) is 1.60. The zero-order chi connectivity index (χ0) is 5.91. The van der Waals surface area contributed by atoms with E-state index in [9.17, 15) is 0 Å². The smallest absolute Gasteiger partial charge is 0.243 e. The van der Waals surface area contributed by atoms with Crippen LogP contribution < -0.4 is 6.15 Å². The van der Waals surface area contributed by atoms with Gasteiger partial charge in [-0.15, -0.1) is 0 Å². The van der Waals surface area contributed by atoms with Crippen LogP contribution in [0.1, 0.15) is 0 Å². The van der Waals surface area contributed by atoms with Gasteiger partial charge in [0.25, 0.3) is 0 Å². The second-order valence-corrected chi connectivity index (χ2v) is 6.33. The molecule has 0 aromatic heterocycles. The van der Waals surface area contributed by atoms with E-state index in [1.165, 1.54) is 14.2 Å². The molecule has 0 spiro atoms. The van der Waals surface area contributed by atoms with Crippen LogP contribution in [0, 0.1) is 0 Å². The largest absolute Gasteiger partial charge is 0.344 e. The lowest BCUT2D eigenvalue weighted by Crippen LogP contribution is -1.76. The number of rotatable bonds is 2. The van der Waals surface area contributed by atoms with E-state index in [-0.39, 0.29) is 6.15 Å². The molecule has 8 heavy (non-hydrogen) atoms. The summed E-state index contributed by atoms with van der Waals surface area (Å²) in [5.41, 5.74) is -2.13. The molecule has 0 saturated heterocycles. The molecule has 6 heteroatoms. The van der Waals surface area contributed by atoms with E-state index >= 15 is 0 Å². The van der Waals surface area contributed by atoms with Crippen molar-refractivity contribution in [3.63, 3.8) is 0 Å². The minimum atomic E-state index is -2.13. The Morgan fingerprint density at radius 1 is 1.38 bits per heavy atom. The van der Waals surface area contributed by atoms with Gasteiger partial charge in [0.1, 0.15) is 0 Å². The van der Waals surface area contributed by atoms with Crippen molar-refractivity contribution in [1.82, 2.24) is 6.15 Å². The van der Waals surface area contributed by atoms with Gasteiger partial charge in [-0.25, -0.2) is 0 Å². The van der Waals surface area contributed by atoms with Crippen molar-refractivity contribution in [2.45, 2.75) is 0 Å². The standard InChI is InChI=1S/C2H7O2PS2.H3N/c1-3-5(6,7)4-2;/h1-2H3,(H,6,7);1H3. The summed E-state index contributed by atoms with van der Waals surface area (Å²) in [7, 11) is 2.97. The maximum Gasteiger partial charge on any atom is 0.243 e. The van der Waals surface area contributed by atoms with E-state index in [1.807, 2.05) is 0 Å². The first-order valence-electron chi connectivity index (χ1n) is 1.56. The molecule has 3 nitrogen and oxygen atoms in total. The maximum atomic E-state index is 4.68. The van der Waals surface area contributed by atoms with Crippen LogP contribution >= 0.6 is 17.9 Å². The molecule has 0 heterocycles.